The molecule has 0 N–H and O–H groups in total. The molecule has 31 heavy (non-hydrogen) atoms. The van der Waals surface area contributed by atoms with Gasteiger partial charge in [-0.15, -0.1) is 11.8 Å². The number of hydrogen-bond donors (Lipinski definition) is 0. The maximum absolute atomic E-state index is 2.30. The number of thioether (sulfide) groups is 2. The summed E-state index contributed by atoms with van der Waals surface area (Å²) in [4.78, 5) is 3.96. The van der Waals surface area contributed by atoms with Crippen LogP contribution in [0.2, 0.25) is 0 Å². The Balaban J connectivity index is 1.65. The molecule has 0 amide bonds. The lowest BCUT2D eigenvalue weighted by Gasteiger charge is -2.17. The van der Waals surface area contributed by atoms with Crippen LogP contribution in [-0.2, 0) is 0 Å². The predicted molar refractivity (Wildman–Crippen MR) is 137 cm³/mol. The first kappa shape index (κ1) is 20.2. The topological polar surface area (TPSA) is 0 Å². The molecule has 1 aliphatic carbocycles. The van der Waals surface area contributed by atoms with Crippen LogP contribution in [0.4, 0.5) is 0 Å². The number of benzene rings is 4. The first-order chi connectivity index (χ1) is 15.2. The van der Waals surface area contributed by atoms with E-state index in [1.54, 1.807) is 0 Å². The Kier molecular flexibility index (Phi) is 5.76. The van der Waals surface area contributed by atoms with E-state index in [1.165, 1.54) is 48.1 Å². The number of fused-ring (bicyclic) bond motifs is 1. The molecule has 1 aliphatic rings. The van der Waals surface area contributed by atoms with Crippen molar-refractivity contribution in [2.24, 2.45) is 0 Å². The lowest BCUT2D eigenvalue weighted by Crippen LogP contribution is -1.94. The highest BCUT2D eigenvalue weighted by Crippen LogP contribution is 2.58. The molecule has 0 aliphatic heterocycles. The minimum Gasteiger partial charge on any atom is -0.113 e. The van der Waals surface area contributed by atoms with E-state index in [0.29, 0.717) is 0 Å². The van der Waals surface area contributed by atoms with Crippen molar-refractivity contribution in [3.05, 3.63) is 131 Å². The lowest BCUT2D eigenvalue weighted by molar-refractivity contribution is 1.26. The van der Waals surface area contributed by atoms with Crippen LogP contribution >= 0.6 is 23.5 Å². The molecule has 2 heteroatoms. The SMILES string of the molecule is Cc1ccc(SC2=C(c3ccccc3)C(Sc3ccc(C)cc3)c3ccccc32)cc1. The fourth-order valence-corrected chi connectivity index (χ4v) is 6.46. The predicted octanol–water partition coefficient (Wildman–Crippen LogP) is 8.81. The normalized spacial score (nSPS) is 15.2. The van der Waals surface area contributed by atoms with Crippen LogP contribution in [0.3, 0.4) is 0 Å². The molecule has 0 radical (unpaired) electrons. The molecule has 0 saturated carbocycles. The summed E-state index contributed by atoms with van der Waals surface area (Å²) in [5, 5.41) is 0.272. The summed E-state index contributed by atoms with van der Waals surface area (Å²) in [6.45, 7) is 4.28. The Labute approximate surface area is 193 Å². The smallest absolute Gasteiger partial charge is 0.0617 e. The molecule has 0 bridgehead atoms. The van der Waals surface area contributed by atoms with E-state index in [1.807, 2.05) is 23.5 Å². The fraction of sp³-hybridized carbons (Fsp3) is 0.103. The van der Waals surface area contributed by atoms with Gasteiger partial charge in [0.1, 0.15) is 0 Å². The van der Waals surface area contributed by atoms with Crippen LogP contribution in [0.15, 0.2) is 113 Å². The summed E-state index contributed by atoms with van der Waals surface area (Å²) in [7, 11) is 0. The van der Waals surface area contributed by atoms with Crippen molar-refractivity contribution in [2.75, 3.05) is 0 Å². The van der Waals surface area contributed by atoms with E-state index >= 15 is 0 Å². The van der Waals surface area contributed by atoms with Crippen molar-refractivity contribution >= 4 is 34.0 Å². The van der Waals surface area contributed by atoms with Crippen molar-refractivity contribution in [2.45, 2.75) is 28.9 Å². The van der Waals surface area contributed by atoms with Gasteiger partial charge in [0.05, 0.1) is 5.25 Å². The van der Waals surface area contributed by atoms with Gasteiger partial charge in [-0.1, -0.05) is 102 Å². The van der Waals surface area contributed by atoms with Gasteiger partial charge in [-0.25, -0.2) is 0 Å². The molecule has 1 unspecified atom stereocenters. The van der Waals surface area contributed by atoms with E-state index in [2.05, 4.69) is 117 Å². The Hall–Kier alpha value is -2.68. The molecule has 0 saturated heterocycles. The van der Waals surface area contributed by atoms with Gasteiger partial charge in [0.25, 0.3) is 0 Å². The minimum absolute atomic E-state index is 0.272. The van der Waals surface area contributed by atoms with Crippen molar-refractivity contribution in [3.63, 3.8) is 0 Å². The average Bonchev–Trinajstić information content (AvgIpc) is 3.10. The zero-order valence-electron chi connectivity index (χ0n) is 17.7. The second-order valence-corrected chi connectivity index (χ2v) is 10.2. The van der Waals surface area contributed by atoms with Crippen LogP contribution in [0.25, 0.3) is 10.5 Å². The second-order valence-electron chi connectivity index (χ2n) is 7.92. The van der Waals surface area contributed by atoms with Crippen molar-refractivity contribution < 1.29 is 0 Å². The number of hydrogen-bond acceptors (Lipinski definition) is 2. The van der Waals surface area contributed by atoms with E-state index in [-0.39, 0.29) is 5.25 Å². The van der Waals surface area contributed by atoms with Crippen molar-refractivity contribution in [1.82, 2.24) is 0 Å². The molecule has 5 rings (SSSR count). The average molecular weight is 437 g/mol. The van der Waals surface area contributed by atoms with Crippen LogP contribution < -0.4 is 0 Å². The minimum atomic E-state index is 0.272. The van der Waals surface area contributed by atoms with Crippen molar-refractivity contribution in [3.8, 4) is 0 Å². The van der Waals surface area contributed by atoms with Crippen LogP contribution in [0.5, 0.6) is 0 Å². The lowest BCUT2D eigenvalue weighted by atomic mass is 10.0. The first-order valence-corrected chi connectivity index (χ1v) is 12.3. The molecule has 4 aromatic rings. The standard InChI is InChI=1S/C29H24S2/c1-20-12-16-23(17-13-20)30-28-25-10-6-7-11-26(25)29(27(28)22-8-4-3-5-9-22)31-24-18-14-21(2)15-19-24/h3-19,28H,1-2H3. The van der Waals surface area contributed by atoms with Crippen LogP contribution in [0.1, 0.15) is 33.1 Å². The van der Waals surface area contributed by atoms with Gasteiger partial charge in [0.15, 0.2) is 0 Å². The molecule has 0 spiro atoms. The molecule has 0 heterocycles. The number of rotatable bonds is 5. The van der Waals surface area contributed by atoms with Gasteiger partial charge in [-0.05, 0) is 60.4 Å². The summed E-state index contributed by atoms with van der Waals surface area (Å²) in [6, 6.07) is 37.6. The van der Waals surface area contributed by atoms with Crippen LogP contribution in [0, 0.1) is 13.8 Å². The van der Waals surface area contributed by atoms with E-state index in [0.717, 1.165) is 0 Å². The highest BCUT2D eigenvalue weighted by molar-refractivity contribution is 8.08. The van der Waals surface area contributed by atoms with E-state index in [4.69, 9.17) is 0 Å². The Morgan fingerprint density at radius 2 is 1.16 bits per heavy atom. The van der Waals surface area contributed by atoms with Gasteiger partial charge in [-0.2, -0.15) is 0 Å². The molecule has 0 aromatic heterocycles. The fourth-order valence-electron chi connectivity index (χ4n) is 3.96. The third-order valence-corrected chi connectivity index (χ3v) is 8.02. The molecule has 0 nitrogen and oxygen atoms in total. The molecular formula is C29H24S2. The Morgan fingerprint density at radius 3 is 1.84 bits per heavy atom. The number of aryl methyl sites for hydroxylation is 2. The summed E-state index contributed by atoms with van der Waals surface area (Å²) in [6.07, 6.45) is 0. The van der Waals surface area contributed by atoms with Gasteiger partial charge < -0.3 is 0 Å². The molecule has 152 valence electrons. The van der Waals surface area contributed by atoms with Crippen molar-refractivity contribution in [1.29, 1.82) is 0 Å². The third kappa shape index (κ3) is 4.23. The molecular weight excluding hydrogens is 412 g/mol. The monoisotopic (exact) mass is 436 g/mol. The quantitative estimate of drug-likeness (QED) is 0.306. The second kappa shape index (κ2) is 8.82. The summed E-state index contributed by atoms with van der Waals surface area (Å²) >= 11 is 3.84. The van der Waals surface area contributed by atoms with Gasteiger partial charge >= 0.3 is 0 Å². The zero-order valence-corrected chi connectivity index (χ0v) is 19.3. The Morgan fingerprint density at radius 1 is 0.581 bits per heavy atom. The summed E-state index contributed by atoms with van der Waals surface area (Å²) in [5.74, 6) is 0. The maximum atomic E-state index is 2.30. The summed E-state index contributed by atoms with van der Waals surface area (Å²) in [5.41, 5.74) is 8.07. The highest BCUT2D eigenvalue weighted by atomic mass is 32.2. The molecule has 0 fully saturated rings. The van der Waals surface area contributed by atoms with Gasteiger partial charge in [0.2, 0.25) is 0 Å². The molecule has 4 aromatic carbocycles. The Bertz CT molecular complexity index is 1220. The molecule has 1 atom stereocenters. The zero-order chi connectivity index (χ0) is 21.2. The highest BCUT2D eigenvalue weighted by Gasteiger charge is 2.33. The third-order valence-electron chi connectivity index (χ3n) is 5.60. The van der Waals surface area contributed by atoms with Crippen LogP contribution in [-0.4, -0.2) is 0 Å². The maximum Gasteiger partial charge on any atom is 0.0617 e. The summed E-state index contributed by atoms with van der Waals surface area (Å²) < 4.78 is 0. The van der Waals surface area contributed by atoms with Gasteiger partial charge in [-0.3, -0.25) is 0 Å². The van der Waals surface area contributed by atoms with E-state index in [9.17, 15) is 0 Å². The largest absolute Gasteiger partial charge is 0.113 e. The van der Waals surface area contributed by atoms with Gasteiger partial charge in [0, 0.05) is 14.7 Å². The van der Waals surface area contributed by atoms with E-state index < -0.39 is 0 Å². The first-order valence-electron chi connectivity index (χ1n) is 10.6.